The first-order valence-corrected chi connectivity index (χ1v) is 5.55. The first-order valence-electron chi connectivity index (χ1n) is 5.55. The van der Waals surface area contributed by atoms with E-state index in [0.717, 1.165) is 12.8 Å². The summed E-state index contributed by atoms with van der Waals surface area (Å²) >= 11 is 0. The molecule has 0 bridgehead atoms. The number of amides is 2. The van der Waals surface area contributed by atoms with E-state index in [4.69, 9.17) is 0 Å². The summed E-state index contributed by atoms with van der Waals surface area (Å²) in [6.07, 6.45) is 2.22. The number of hydrazine groups is 1. The van der Waals surface area contributed by atoms with Gasteiger partial charge in [-0.2, -0.15) is 0 Å². The van der Waals surface area contributed by atoms with Gasteiger partial charge in [0.15, 0.2) is 0 Å². The number of rotatable bonds is 1. The Kier molecular flexibility index (Phi) is 1.33. The average molecular weight is 214 g/mol. The summed E-state index contributed by atoms with van der Waals surface area (Å²) in [6.45, 7) is 0. The molecule has 2 fully saturated rings. The normalized spacial score (nSPS) is 34.5. The number of imide groups is 1. The van der Waals surface area contributed by atoms with Crippen molar-refractivity contribution in [3.05, 3.63) is 35.4 Å². The first-order chi connectivity index (χ1) is 7.79. The summed E-state index contributed by atoms with van der Waals surface area (Å²) in [5.41, 5.74) is 1.08. The maximum absolute atomic E-state index is 12.1. The van der Waals surface area contributed by atoms with Gasteiger partial charge in [0.25, 0.3) is 11.8 Å². The van der Waals surface area contributed by atoms with E-state index in [0.29, 0.717) is 23.2 Å². The van der Waals surface area contributed by atoms with Gasteiger partial charge in [0, 0.05) is 12.1 Å². The largest absolute Gasteiger partial charge is 0.276 e. The molecule has 0 spiro atoms. The number of fused-ring (bicyclic) bond motifs is 2. The fourth-order valence-corrected chi connectivity index (χ4v) is 2.73. The molecule has 16 heavy (non-hydrogen) atoms. The summed E-state index contributed by atoms with van der Waals surface area (Å²) in [7, 11) is 0. The van der Waals surface area contributed by atoms with Crippen molar-refractivity contribution in [1.29, 1.82) is 0 Å². The molecule has 2 heterocycles. The molecular formula is C12H10N2O2. The molecule has 2 unspecified atom stereocenters. The minimum atomic E-state index is -0.157. The zero-order valence-corrected chi connectivity index (χ0v) is 8.59. The van der Waals surface area contributed by atoms with Crippen LogP contribution in [0.15, 0.2) is 24.3 Å². The van der Waals surface area contributed by atoms with Gasteiger partial charge in [0.05, 0.1) is 11.1 Å². The zero-order chi connectivity index (χ0) is 10.9. The van der Waals surface area contributed by atoms with Crippen LogP contribution in [0.1, 0.15) is 33.6 Å². The molecule has 3 aliphatic rings. The molecule has 80 valence electrons. The summed E-state index contributed by atoms with van der Waals surface area (Å²) in [5, 5.41) is 3.28. The molecule has 0 N–H and O–H groups in total. The van der Waals surface area contributed by atoms with Gasteiger partial charge < -0.3 is 0 Å². The molecule has 4 heteroatoms. The van der Waals surface area contributed by atoms with Gasteiger partial charge in [-0.15, -0.1) is 0 Å². The minimum absolute atomic E-state index is 0.157. The van der Waals surface area contributed by atoms with Crippen LogP contribution in [0.25, 0.3) is 0 Å². The zero-order valence-electron chi connectivity index (χ0n) is 8.59. The first kappa shape index (κ1) is 8.47. The second-order valence-corrected chi connectivity index (χ2v) is 4.56. The van der Waals surface area contributed by atoms with Gasteiger partial charge in [-0.3, -0.25) is 9.59 Å². The Labute approximate surface area is 92.4 Å². The highest BCUT2D eigenvalue weighted by Gasteiger charge is 2.61. The Bertz CT molecular complexity index is 481. The van der Waals surface area contributed by atoms with E-state index in [-0.39, 0.29) is 11.8 Å². The van der Waals surface area contributed by atoms with Gasteiger partial charge in [0.1, 0.15) is 0 Å². The van der Waals surface area contributed by atoms with Crippen molar-refractivity contribution in [2.75, 3.05) is 0 Å². The van der Waals surface area contributed by atoms with Crippen LogP contribution in [0.4, 0.5) is 0 Å². The van der Waals surface area contributed by atoms with Gasteiger partial charge >= 0.3 is 0 Å². The van der Waals surface area contributed by atoms with E-state index in [1.165, 1.54) is 5.01 Å². The highest BCUT2D eigenvalue weighted by Crippen LogP contribution is 2.48. The summed E-state index contributed by atoms with van der Waals surface area (Å²) in [4.78, 5) is 24.1. The lowest BCUT2D eigenvalue weighted by Gasteiger charge is -2.14. The number of hydrogen-bond acceptors (Lipinski definition) is 3. The van der Waals surface area contributed by atoms with Crippen molar-refractivity contribution >= 4 is 11.8 Å². The molecule has 0 radical (unpaired) electrons. The summed E-state index contributed by atoms with van der Waals surface area (Å²) in [6, 6.07) is 7.93. The van der Waals surface area contributed by atoms with Crippen molar-refractivity contribution in [3.8, 4) is 0 Å². The third kappa shape index (κ3) is 0.804. The van der Waals surface area contributed by atoms with E-state index in [2.05, 4.69) is 0 Å². The van der Waals surface area contributed by atoms with Gasteiger partial charge in [-0.25, -0.2) is 10.0 Å². The maximum Gasteiger partial charge on any atom is 0.276 e. The van der Waals surface area contributed by atoms with Crippen LogP contribution >= 0.6 is 0 Å². The van der Waals surface area contributed by atoms with E-state index in [9.17, 15) is 9.59 Å². The molecule has 0 aromatic heterocycles. The van der Waals surface area contributed by atoms with Crippen molar-refractivity contribution in [2.24, 2.45) is 0 Å². The van der Waals surface area contributed by atoms with E-state index in [1.54, 1.807) is 24.3 Å². The lowest BCUT2D eigenvalue weighted by atomic mass is 10.0. The maximum atomic E-state index is 12.1. The van der Waals surface area contributed by atoms with E-state index >= 15 is 0 Å². The number of hydrogen-bond donors (Lipinski definition) is 0. The molecule has 1 aliphatic carbocycles. The standard InChI is InChI=1S/C12H10N2O2/c15-11-7-3-1-2-4-8(7)12(16)14(11)13-9-5-6-10(9)13/h1-4,9-10H,5-6H2. The van der Waals surface area contributed by atoms with Crippen molar-refractivity contribution in [1.82, 2.24) is 10.0 Å². The molecule has 2 aliphatic heterocycles. The molecule has 2 atom stereocenters. The van der Waals surface area contributed by atoms with Gasteiger partial charge in [-0.05, 0) is 25.0 Å². The van der Waals surface area contributed by atoms with Gasteiger partial charge in [0.2, 0.25) is 0 Å². The Balaban J connectivity index is 1.78. The molecule has 1 saturated carbocycles. The topological polar surface area (TPSA) is 40.4 Å². The van der Waals surface area contributed by atoms with Crippen LogP contribution in [-0.4, -0.2) is 33.9 Å². The van der Waals surface area contributed by atoms with Crippen LogP contribution in [-0.2, 0) is 0 Å². The molecule has 4 rings (SSSR count). The molecule has 4 nitrogen and oxygen atoms in total. The van der Waals surface area contributed by atoms with E-state index in [1.807, 2.05) is 5.01 Å². The second-order valence-electron chi connectivity index (χ2n) is 4.56. The number of carbonyl (C=O) groups is 2. The van der Waals surface area contributed by atoms with Crippen LogP contribution in [0.2, 0.25) is 0 Å². The van der Waals surface area contributed by atoms with E-state index < -0.39 is 0 Å². The number of benzene rings is 1. The molecule has 2 amide bonds. The Morgan fingerprint density at radius 1 is 0.938 bits per heavy atom. The van der Waals surface area contributed by atoms with Crippen molar-refractivity contribution in [2.45, 2.75) is 24.9 Å². The van der Waals surface area contributed by atoms with Crippen LogP contribution < -0.4 is 0 Å². The third-order valence-corrected chi connectivity index (χ3v) is 3.80. The summed E-state index contributed by atoms with van der Waals surface area (Å²) in [5.74, 6) is -0.315. The highest BCUT2D eigenvalue weighted by molar-refractivity contribution is 6.21. The number of carbonyl (C=O) groups excluding carboxylic acids is 2. The van der Waals surface area contributed by atoms with Crippen molar-refractivity contribution in [3.63, 3.8) is 0 Å². The molecule has 1 aromatic carbocycles. The fraction of sp³-hybridized carbons (Fsp3) is 0.333. The quantitative estimate of drug-likeness (QED) is 0.518. The Hall–Kier alpha value is -1.68. The molecular weight excluding hydrogens is 204 g/mol. The number of nitrogens with zero attached hydrogens (tertiary/aromatic N) is 2. The van der Waals surface area contributed by atoms with Crippen LogP contribution in [0, 0.1) is 0 Å². The van der Waals surface area contributed by atoms with Gasteiger partial charge in [-0.1, -0.05) is 12.1 Å². The lowest BCUT2D eigenvalue weighted by molar-refractivity contribution is 0.0367. The fourth-order valence-electron chi connectivity index (χ4n) is 2.73. The average Bonchev–Trinajstić information content (AvgIpc) is 2.67. The predicted octanol–water partition coefficient (Wildman–Crippen LogP) is 1.04. The SMILES string of the molecule is O=C1c2ccccc2C(=O)N1N1C2CCC21. The highest BCUT2D eigenvalue weighted by atomic mass is 16.2. The van der Waals surface area contributed by atoms with Crippen LogP contribution in [0.3, 0.4) is 0 Å². The van der Waals surface area contributed by atoms with Crippen molar-refractivity contribution < 1.29 is 9.59 Å². The Morgan fingerprint density at radius 2 is 1.44 bits per heavy atom. The lowest BCUT2D eigenvalue weighted by Crippen LogP contribution is -2.36. The third-order valence-electron chi connectivity index (χ3n) is 3.80. The smallest absolute Gasteiger partial charge is 0.267 e. The second kappa shape index (κ2) is 2.52. The molecule has 1 aromatic rings. The van der Waals surface area contributed by atoms with Crippen LogP contribution in [0.5, 0.6) is 0 Å². The molecule has 1 saturated heterocycles. The monoisotopic (exact) mass is 214 g/mol. The minimum Gasteiger partial charge on any atom is -0.267 e. The predicted molar refractivity (Wildman–Crippen MR) is 55.6 cm³/mol. The Morgan fingerprint density at radius 3 is 1.88 bits per heavy atom. The summed E-state index contributed by atoms with van der Waals surface area (Å²) < 4.78 is 0.